The molecule has 0 saturated heterocycles. The molecule has 4 aromatic rings. The summed E-state index contributed by atoms with van der Waals surface area (Å²) in [5.74, 6) is 1.36. The molecule has 3 aromatic carbocycles. The number of fused-ring (bicyclic) bond motifs is 1. The minimum absolute atomic E-state index is 0.0841. The van der Waals surface area contributed by atoms with Gasteiger partial charge < -0.3 is 34.6 Å². The third-order valence-corrected chi connectivity index (χ3v) is 6.93. The highest BCUT2D eigenvalue weighted by molar-refractivity contribution is 5.98. The molecule has 0 aliphatic carbocycles. The van der Waals surface area contributed by atoms with E-state index in [1.165, 1.54) is 4.90 Å². The molecule has 0 bridgehead atoms. The van der Waals surface area contributed by atoms with Crippen LogP contribution in [0.25, 0.3) is 10.9 Å². The van der Waals surface area contributed by atoms with E-state index in [0.717, 1.165) is 10.9 Å². The predicted molar refractivity (Wildman–Crippen MR) is 167 cm³/mol. The number of benzene rings is 3. The average molecular weight is 602 g/mol. The molecule has 0 radical (unpaired) electrons. The SMILES string of the molecule is CCOC(=O)CCN(C)C(=O)c1ccc2c(Oc3ccc(C[C@@H](CO)NC[C@H](O)COc4ccccc4)cc3)ccnc2c1. The second-order valence-corrected chi connectivity index (χ2v) is 10.3. The van der Waals surface area contributed by atoms with Gasteiger partial charge >= 0.3 is 5.97 Å². The van der Waals surface area contributed by atoms with Crippen molar-refractivity contribution < 1.29 is 34.0 Å². The van der Waals surface area contributed by atoms with Crippen molar-refractivity contribution in [3.05, 3.63) is 96.2 Å². The van der Waals surface area contributed by atoms with Gasteiger partial charge in [0.05, 0.1) is 25.2 Å². The number of hydrogen-bond acceptors (Lipinski definition) is 9. The summed E-state index contributed by atoms with van der Waals surface area (Å²) in [6.07, 6.45) is 1.60. The molecule has 2 atom stereocenters. The van der Waals surface area contributed by atoms with Crippen LogP contribution in [0, 0.1) is 0 Å². The first-order valence-electron chi connectivity index (χ1n) is 14.6. The number of para-hydroxylation sites is 1. The topological polar surface area (TPSA) is 130 Å². The Balaban J connectivity index is 1.31. The maximum Gasteiger partial charge on any atom is 0.307 e. The summed E-state index contributed by atoms with van der Waals surface area (Å²) in [7, 11) is 1.65. The standard InChI is InChI=1S/C34H39N3O7/c1-3-42-33(40)16-18-37(2)34(41)25-11-14-30-31(20-25)35-17-15-32(30)44-29-12-9-24(10-13-29)19-26(22-38)36-21-27(39)23-43-28-7-5-4-6-8-28/h4-15,17,20,26-27,36,38-39H,3,16,18-19,21-23H2,1-2H3/t26-,27-/m0/s1. The van der Waals surface area contributed by atoms with Gasteiger partial charge in [-0.25, -0.2) is 0 Å². The second kappa shape index (κ2) is 16.4. The smallest absolute Gasteiger partial charge is 0.307 e. The zero-order valence-electron chi connectivity index (χ0n) is 25.0. The highest BCUT2D eigenvalue weighted by atomic mass is 16.5. The van der Waals surface area contributed by atoms with Crippen molar-refractivity contribution in [2.24, 2.45) is 0 Å². The number of aliphatic hydroxyl groups is 2. The number of pyridine rings is 1. The number of amides is 1. The first kappa shape index (κ1) is 32.4. The Morgan fingerprint density at radius 3 is 2.50 bits per heavy atom. The van der Waals surface area contributed by atoms with Crippen LogP contribution < -0.4 is 14.8 Å². The van der Waals surface area contributed by atoms with E-state index < -0.39 is 6.10 Å². The number of rotatable bonds is 16. The first-order chi connectivity index (χ1) is 21.4. The molecule has 10 nitrogen and oxygen atoms in total. The van der Waals surface area contributed by atoms with Gasteiger partial charge in [-0.2, -0.15) is 0 Å². The first-order valence-corrected chi connectivity index (χ1v) is 14.6. The van der Waals surface area contributed by atoms with E-state index in [0.29, 0.717) is 41.4 Å². The van der Waals surface area contributed by atoms with E-state index >= 15 is 0 Å². The molecule has 0 spiro atoms. The largest absolute Gasteiger partial charge is 0.491 e. The Labute approximate surface area is 257 Å². The van der Waals surface area contributed by atoms with Crippen molar-refractivity contribution in [3.8, 4) is 17.2 Å². The third kappa shape index (κ3) is 9.50. The fourth-order valence-electron chi connectivity index (χ4n) is 4.54. The molecule has 44 heavy (non-hydrogen) atoms. The number of ether oxygens (including phenoxy) is 3. The lowest BCUT2D eigenvalue weighted by Gasteiger charge is -2.19. The van der Waals surface area contributed by atoms with Gasteiger partial charge in [0.15, 0.2) is 0 Å². The fraction of sp³-hybridized carbons (Fsp3) is 0.324. The Morgan fingerprint density at radius 2 is 1.77 bits per heavy atom. The fourth-order valence-corrected chi connectivity index (χ4v) is 4.54. The summed E-state index contributed by atoms with van der Waals surface area (Å²) >= 11 is 0. The van der Waals surface area contributed by atoms with Gasteiger partial charge in [0.1, 0.15) is 30.0 Å². The summed E-state index contributed by atoms with van der Waals surface area (Å²) < 4.78 is 16.7. The summed E-state index contributed by atoms with van der Waals surface area (Å²) in [5, 5.41) is 24.1. The highest BCUT2D eigenvalue weighted by Crippen LogP contribution is 2.30. The molecular formula is C34H39N3O7. The van der Waals surface area contributed by atoms with Crippen LogP contribution in [0.5, 0.6) is 17.2 Å². The second-order valence-electron chi connectivity index (χ2n) is 10.3. The monoisotopic (exact) mass is 601 g/mol. The highest BCUT2D eigenvalue weighted by Gasteiger charge is 2.16. The van der Waals surface area contributed by atoms with E-state index in [2.05, 4.69) is 10.3 Å². The van der Waals surface area contributed by atoms with Gasteiger partial charge in [-0.3, -0.25) is 14.6 Å². The zero-order chi connectivity index (χ0) is 31.3. The van der Waals surface area contributed by atoms with E-state index in [1.807, 2.05) is 54.6 Å². The Hall–Kier alpha value is -4.51. The molecule has 1 aromatic heterocycles. The maximum absolute atomic E-state index is 12.9. The summed E-state index contributed by atoms with van der Waals surface area (Å²) in [4.78, 5) is 30.4. The minimum atomic E-state index is -0.721. The van der Waals surface area contributed by atoms with Gasteiger partial charge in [0.2, 0.25) is 0 Å². The third-order valence-electron chi connectivity index (χ3n) is 6.93. The molecule has 1 heterocycles. The van der Waals surface area contributed by atoms with E-state index in [-0.39, 0.29) is 50.6 Å². The van der Waals surface area contributed by atoms with Gasteiger partial charge in [0, 0.05) is 43.3 Å². The summed E-state index contributed by atoms with van der Waals surface area (Å²) in [6, 6.07) is 23.6. The molecule has 0 fully saturated rings. The Bertz CT molecular complexity index is 1500. The number of esters is 1. The molecule has 232 valence electrons. The quantitative estimate of drug-likeness (QED) is 0.163. The number of aliphatic hydroxyl groups excluding tert-OH is 2. The van der Waals surface area contributed by atoms with Crippen molar-refractivity contribution in [2.45, 2.75) is 31.9 Å². The van der Waals surface area contributed by atoms with E-state index in [9.17, 15) is 19.8 Å². The minimum Gasteiger partial charge on any atom is -0.491 e. The van der Waals surface area contributed by atoms with Crippen LogP contribution >= 0.6 is 0 Å². The van der Waals surface area contributed by atoms with Crippen molar-refractivity contribution in [1.29, 1.82) is 0 Å². The van der Waals surface area contributed by atoms with Gasteiger partial charge in [0.25, 0.3) is 5.91 Å². The van der Waals surface area contributed by atoms with Crippen LogP contribution in [-0.4, -0.2) is 84.1 Å². The van der Waals surface area contributed by atoms with Crippen LogP contribution in [0.1, 0.15) is 29.3 Å². The zero-order valence-corrected chi connectivity index (χ0v) is 25.0. The maximum atomic E-state index is 12.9. The summed E-state index contributed by atoms with van der Waals surface area (Å²) in [6.45, 7) is 2.65. The molecule has 3 N–H and O–H groups in total. The number of nitrogens with zero attached hydrogens (tertiary/aromatic N) is 2. The molecule has 0 unspecified atom stereocenters. The molecule has 0 aliphatic heterocycles. The average Bonchev–Trinajstić information content (AvgIpc) is 3.05. The predicted octanol–water partition coefficient (Wildman–Crippen LogP) is 3.99. The number of hydrogen-bond donors (Lipinski definition) is 3. The van der Waals surface area contributed by atoms with Gasteiger partial charge in [-0.15, -0.1) is 0 Å². The lowest BCUT2D eigenvalue weighted by atomic mass is 10.1. The number of nitrogens with one attached hydrogen (secondary N) is 1. The van der Waals surface area contributed by atoms with Gasteiger partial charge in [-0.05, 0) is 67.4 Å². The number of carbonyl (C=O) groups excluding carboxylic acids is 2. The normalized spacial score (nSPS) is 12.4. The lowest BCUT2D eigenvalue weighted by Crippen LogP contribution is -2.41. The van der Waals surface area contributed by atoms with E-state index in [1.54, 1.807) is 44.4 Å². The van der Waals surface area contributed by atoms with Crippen LogP contribution in [0.15, 0.2) is 85.1 Å². The van der Waals surface area contributed by atoms with Crippen LogP contribution in [0.2, 0.25) is 0 Å². The van der Waals surface area contributed by atoms with Gasteiger partial charge in [-0.1, -0.05) is 30.3 Å². The number of carbonyl (C=O) groups is 2. The molecule has 4 rings (SSSR count). The summed E-state index contributed by atoms with van der Waals surface area (Å²) in [5.41, 5.74) is 2.06. The van der Waals surface area contributed by atoms with Crippen LogP contribution in [0.4, 0.5) is 0 Å². The van der Waals surface area contributed by atoms with Crippen molar-refractivity contribution in [1.82, 2.24) is 15.2 Å². The molecule has 0 saturated carbocycles. The number of aromatic nitrogens is 1. The van der Waals surface area contributed by atoms with Crippen LogP contribution in [0.3, 0.4) is 0 Å². The molecule has 0 aliphatic rings. The Kier molecular flexibility index (Phi) is 12.1. The molecule has 10 heteroatoms. The van der Waals surface area contributed by atoms with Crippen molar-refractivity contribution in [3.63, 3.8) is 0 Å². The van der Waals surface area contributed by atoms with Crippen molar-refractivity contribution in [2.75, 3.05) is 40.0 Å². The molecule has 1 amide bonds. The molecular weight excluding hydrogens is 562 g/mol. The lowest BCUT2D eigenvalue weighted by molar-refractivity contribution is -0.143. The van der Waals surface area contributed by atoms with Crippen LogP contribution in [-0.2, 0) is 16.0 Å². The van der Waals surface area contributed by atoms with E-state index in [4.69, 9.17) is 14.2 Å². The van der Waals surface area contributed by atoms with Crippen molar-refractivity contribution >= 4 is 22.8 Å². The Morgan fingerprint density at radius 1 is 1.00 bits per heavy atom.